The highest BCUT2D eigenvalue weighted by atomic mass is 16.5. The van der Waals surface area contributed by atoms with Gasteiger partial charge in [0.05, 0.1) is 5.60 Å². The van der Waals surface area contributed by atoms with Crippen LogP contribution in [0.25, 0.3) is 0 Å². The molecule has 0 amide bonds. The second-order valence-corrected chi connectivity index (χ2v) is 3.75. The first kappa shape index (κ1) is 10.5. The lowest BCUT2D eigenvalue weighted by molar-refractivity contribution is 0.0260. The summed E-state index contributed by atoms with van der Waals surface area (Å²) in [5, 5.41) is 0. The van der Waals surface area contributed by atoms with Crippen LogP contribution in [0, 0.1) is 0 Å². The molecule has 74 valence electrons. The van der Waals surface area contributed by atoms with Gasteiger partial charge in [0, 0.05) is 7.11 Å². The van der Waals surface area contributed by atoms with Crippen molar-refractivity contribution in [2.45, 2.75) is 44.1 Å². The van der Waals surface area contributed by atoms with Crippen molar-refractivity contribution < 1.29 is 4.74 Å². The van der Waals surface area contributed by atoms with Gasteiger partial charge in [-0.2, -0.15) is 0 Å². The molecule has 0 spiro atoms. The van der Waals surface area contributed by atoms with Crippen LogP contribution in [0.3, 0.4) is 0 Å². The molecule has 0 fully saturated rings. The number of rotatable bonds is 2. The van der Waals surface area contributed by atoms with Gasteiger partial charge < -0.3 is 4.74 Å². The van der Waals surface area contributed by atoms with Crippen LogP contribution in [-0.2, 0) is 4.74 Å². The summed E-state index contributed by atoms with van der Waals surface area (Å²) in [6, 6.07) is 0. The van der Waals surface area contributed by atoms with Crippen molar-refractivity contribution in [3.05, 3.63) is 24.8 Å². The first-order valence-electron chi connectivity index (χ1n) is 5.17. The normalized spacial score (nSPS) is 32.7. The second-order valence-electron chi connectivity index (χ2n) is 3.75. The van der Waals surface area contributed by atoms with Gasteiger partial charge in [-0.1, -0.05) is 31.1 Å². The zero-order chi connectivity index (χ0) is 9.57. The van der Waals surface area contributed by atoms with Crippen LogP contribution in [0.1, 0.15) is 38.5 Å². The van der Waals surface area contributed by atoms with E-state index in [0.717, 1.165) is 12.8 Å². The molecule has 0 heterocycles. The van der Waals surface area contributed by atoms with Gasteiger partial charge in [-0.15, -0.1) is 6.58 Å². The maximum atomic E-state index is 5.55. The molecule has 1 atom stereocenters. The van der Waals surface area contributed by atoms with Crippen LogP contribution in [0.2, 0.25) is 0 Å². The van der Waals surface area contributed by atoms with E-state index in [1.165, 1.54) is 25.7 Å². The van der Waals surface area contributed by atoms with Crippen molar-refractivity contribution >= 4 is 0 Å². The average Bonchev–Trinajstić information content (AvgIpc) is 2.29. The quantitative estimate of drug-likeness (QED) is 0.591. The first-order chi connectivity index (χ1) is 6.33. The third kappa shape index (κ3) is 3.00. The zero-order valence-corrected chi connectivity index (χ0v) is 8.59. The van der Waals surface area contributed by atoms with Crippen molar-refractivity contribution in [3.63, 3.8) is 0 Å². The molecule has 0 aromatic rings. The fourth-order valence-corrected chi connectivity index (χ4v) is 1.82. The monoisotopic (exact) mass is 180 g/mol. The number of methoxy groups -OCH3 is 1. The lowest BCUT2D eigenvalue weighted by Crippen LogP contribution is -2.27. The Bertz CT molecular complexity index is 184. The molecule has 1 aliphatic carbocycles. The minimum absolute atomic E-state index is 0.0964. The Morgan fingerprint density at radius 3 is 2.85 bits per heavy atom. The molecule has 0 bridgehead atoms. The summed E-state index contributed by atoms with van der Waals surface area (Å²) in [5.74, 6) is 0. The standard InChI is InChI=1S/C12H20O/c1-3-12(13-2)10-8-6-4-5-7-9-11-12/h3,6,8H,1,4-5,7,9-11H2,2H3/b8-6+. The molecule has 1 nitrogen and oxygen atoms in total. The Kier molecular flexibility index (Phi) is 4.23. The van der Waals surface area contributed by atoms with E-state index < -0.39 is 0 Å². The van der Waals surface area contributed by atoms with Gasteiger partial charge in [-0.25, -0.2) is 0 Å². The minimum Gasteiger partial charge on any atom is -0.374 e. The molecule has 0 saturated carbocycles. The summed E-state index contributed by atoms with van der Waals surface area (Å²) in [6.07, 6.45) is 13.6. The number of allylic oxidation sites excluding steroid dienone is 1. The van der Waals surface area contributed by atoms with Crippen LogP contribution in [0.15, 0.2) is 24.8 Å². The molecule has 13 heavy (non-hydrogen) atoms. The van der Waals surface area contributed by atoms with Crippen LogP contribution < -0.4 is 0 Å². The molecule has 0 aromatic heterocycles. The Hall–Kier alpha value is -0.560. The molecular formula is C12H20O. The van der Waals surface area contributed by atoms with E-state index in [-0.39, 0.29) is 5.60 Å². The zero-order valence-electron chi connectivity index (χ0n) is 8.59. The molecule has 0 radical (unpaired) electrons. The first-order valence-corrected chi connectivity index (χ1v) is 5.17. The lowest BCUT2D eigenvalue weighted by Gasteiger charge is -2.27. The summed E-state index contributed by atoms with van der Waals surface area (Å²) >= 11 is 0. The van der Waals surface area contributed by atoms with E-state index in [1.807, 2.05) is 6.08 Å². The molecule has 0 aliphatic heterocycles. The molecule has 0 N–H and O–H groups in total. The van der Waals surface area contributed by atoms with Gasteiger partial charge in [0.2, 0.25) is 0 Å². The van der Waals surface area contributed by atoms with Gasteiger partial charge in [-0.05, 0) is 25.7 Å². The summed E-state index contributed by atoms with van der Waals surface area (Å²) in [5.41, 5.74) is -0.0964. The topological polar surface area (TPSA) is 9.23 Å². The summed E-state index contributed by atoms with van der Waals surface area (Å²) in [6.45, 7) is 3.87. The predicted octanol–water partition coefficient (Wildman–Crippen LogP) is 3.47. The Morgan fingerprint density at radius 1 is 1.31 bits per heavy atom. The third-order valence-electron chi connectivity index (χ3n) is 2.88. The SMILES string of the molecule is C=CC1(OC)C/C=C/CCCCC1. The van der Waals surface area contributed by atoms with Crippen molar-refractivity contribution in [1.82, 2.24) is 0 Å². The number of hydrogen-bond acceptors (Lipinski definition) is 1. The van der Waals surface area contributed by atoms with Crippen molar-refractivity contribution in [2.75, 3.05) is 7.11 Å². The summed E-state index contributed by atoms with van der Waals surface area (Å²) in [4.78, 5) is 0. The smallest absolute Gasteiger partial charge is 0.0890 e. The third-order valence-corrected chi connectivity index (χ3v) is 2.88. The predicted molar refractivity (Wildman–Crippen MR) is 56.8 cm³/mol. The fraction of sp³-hybridized carbons (Fsp3) is 0.667. The molecular weight excluding hydrogens is 160 g/mol. The van der Waals surface area contributed by atoms with Crippen LogP contribution >= 0.6 is 0 Å². The summed E-state index contributed by atoms with van der Waals surface area (Å²) < 4.78 is 5.55. The van der Waals surface area contributed by atoms with Gasteiger partial charge in [0.25, 0.3) is 0 Å². The Balaban J connectivity index is 2.62. The largest absolute Gasteiger partial charge is 0.374 e. The van der Waals surface area contributed by atoms with Crippen molar-refractivity contribution in [2.24, 2.45) is 0 Å². The molecule has 0 saturated heterocycles. The van der Waals surface area contributed by atoms with E-state index in [0.29, 0.717) is 0 Å². The second kappa shape index (κ2) is 5.23. The molecule has 0 aromatic carbocycles. The van der Waals surface area contributed by atoms with Gasteiger partial charge in [0.1, 0.15) is 0 Å². The Morgan fingerprint density at radius 2 is 2.15 bits per heavy atom. The molecule has 1 heteroatoms. The number of ether oxygens (including phenoxy) is 1. The maximum Gasteiger partial charge on any atom is 0.0890 e. The number of hydrogen-bond donors (Lipinski definition) is 0. The average molecular weight is 180 g/mol. The minimum atomic E-state index is -0.0964. The van der Waals surface area contributed by atoms with Gasteiger partial charge >= 0.3 is 0 Å². The Labute approximate surface area is 81.5 Å². The van der Waals surface area contributed by atoms with Gasteiger partial charge in [0.15, 0.2) is 0 Å². The molecule has 1 aliphatic rings. The van der Waals surface area contributed by atoms with E-state index in [9.17, 15) is 0 Å². The maximum absolute atomic E-state index is 5.55. The highest BCUT2D eigenvalue weighted by Crippen LogP contribution is 2.26. The fourth-order valence-electron chi connectivity index (χ4n) is 1.82. The summed E-state index contributed by atoms with van der Waals surface area (Å²) in [7, 11) is 1.79. The van der Waals surface area contributed by atoms with Crippen LogP contribution in [0.4, 0.5) is 0 Å². The lowest BCUT2D eigenvalue weighted by atomic mass is 9.93. The van der Waals surface area contributed by atoms with Crippen LogP contribution in [0.5, 0.6) is 0 Å². The highest BCUT2D eigenvalue weighted by Gasteiger charge is 2.23. The van der Waals surface area contributed by atoms with Crippen molar-refractivity contribution in [1.29, 1.82) is 0 Å². The van der Waals surface area contributed by atoms with E-state index >= 15 is 0 Å². The van der Waals surface area contributed by atoms with E-state index in [4.69, 9.17) is 4.74 Å². The molecule has 1 unspecified atom stereocenters. The van der Waals surface area contributed by atoms with Gasteiger partial charge in [-0.3, -0.25) is 0 Å². The van der Waals surface area contributed by atoms with Crippen molar-refractivity contribution in [3.8, 4) is 0 Å². The van der Waals surface area contributed by atoms with E-state index in [1.54, 1.807) is 7.11 Å². The van der Waals surface area contributed by atoms with E-state index in [2.05, 4.69) is 18.7 Å². The van der Waals surface area contributed by atoms with Crippen LogP contribution in [-0.4, -0.2) is 12.7 Å². The highest BCUT2D eigenvalue weighted by molar-refractivity contribution is 5.03. The molecule has 1 rings (SSSR count).